The van der Waals surface area contributed by atoms with Crippen molar-refractivity contribution in [3.05, 3.63) is 0 Å². The van der Waals surface area contributed by atoms with E-state index in [1.165, 1.54) is 0 Å². The van der Waals surface area contributed by atoms with Gasteiger partial charge in [-0.15, -0.1) is 0 Å². The molecule has 0 fully saturated rings. The molecule has 3 N–H and O–H groups in total. The molecule has 0 heterocycles. The highest BCUT2D eigenvalue weighted by molar-refractivity contribution is 8.09. The summed E-state index contributed by atoms with van der Waals surface area (Å²) in [7, 11) is 0. The van der Waals surface area contributed by atoms with Crippen LogP contribution < -0.4 is 10.6 Å². The molecule has 0 radical (unpaired) electrons. The normalized spacial score (nSPS) is 13.8. The molecule has 0 aromatic rings. The molecule has 3 atom stereocenters. The Labute approximate surface area is 311 Å². The van der Waals surface area contributed by atoms with Gasteiger partial charge in [-0.3, -0.25) is 24.0 Å². The zero-order valence-corrected chi connectivity index (χ0v) is 33.6. The van der Waals surface area contributed by atoms with Crippen LogP contribution in [0.2, 0.25) is 0 Å². The van der Waals surface area contributed by atoms with E-state index in [-0.39, 0.29) is 87.8 Å². The van der Waals surface area contributed by atoms with Crippen molar-refractivity contribution in [2.45, 2.75) is 142 Å². The van der Waals surface area contributed by atoms with E-state index in [0.29, 0.717) is 65.3 Å². The number of carbonyl (C=O) groups excluding carboxylic acids is 5. The molecule has 3 unspecified atom stereocenters. The topological polar surface area (TPSA) is 176 Å². The number of nitrogens with one attached hydrogen (secondary N) is 2. The van der Waals surface area contributed by atoms with Gasteiger partial charge in [-0.1, -0.05) is 34.6 Å². The van der Waals surface area contributed by atoms with Crippen LogP contribution in [0.4, 0.5) is 0 Å². The van der Waals surface area contributed by atoms with E-state index in [9.17, 15) is 28.9 Å². The van der Waals surface area contributed by atoms with Crippen LogP contribution in [0.5, 0.6) is 0 Å². The molecule has 298 valence electrons. The maximum Gasteiger partial charge on any atom is 0.222 e. The minimum atomic E-state index is -2.88. The summed E-state index contributed by atoms with van der Waals surface area (Å²) in [6, 6.07) is -1.76. The van der Waals surface area contributed by atoms with Crippen LogP contribution in [0.25, 0.3) is 0 Å². The van der Waals surface area contributed by atoms with E-state index in [1.807, 2.05) is 20.8 Å². The predicted molar refractivity (Wildman–Crippen MR) is 201 cm³/mol. The fraction of sp³-hybridized carbons (Fsp3) is 0.861. The highest BCUT2D eigenvalue weighted by atomic mass is 32.5. The summed E-state index contributed by atoms with van der Waals surface area (Å²) in [5.41, 5.74) is -0.176. The Morgan fingerprint density at radius 1 is 0.569 bits per heavy atom. The monoisotopic (exact) mass is 766 g/mol. The first-order chi connectivity index (χ1) is 24.4. The Morgan fingerprint density at radius 3 is 1.47 bits per heavy atom. The first kappa shape index (κ1) is 49.4. The number of hydrogen-bond acceptors (Lipinski definition) is 11. The molecule has 0 bridgehead atoms. The van der Waals surface area contributed by atoms with Gasteiger partial charge in [0.15, 0.2) is 18.1 Å². The average Bonchev–Trinajstić information content (AvgIpc) is 3.09. The van der Waals surface area contributed by atoms with Crippen molar-refractivity contribution < 1.29 is 52.3 Å². The second-order valence-corrected chi connectivity index (χ2v) is 16.8. The Bertz CT molecular complexity index is 1030. The van der Waals surface area contributed by atoms with Gasteiger partial charge in [0, 0.05) is 83.8 Å². The third-order valence-corrected chi connectivity index (χ3v) is 11.1. The van der Waals surface area contributed by atoms with Gasteiger partial charge in [0.1, 0.15) is 5.78 Å². The molecule has 0 aliphatic carbocycles. The molecule has 0 aromatic heterocycles. The van der Waals surface area contributed by atoms with Crippen LogP contribution >= 0.6 is 6.49 Å². The summed E-state index contributed by atoms with van der Waals surface area (Å²) >= 11 is 5.08. The van der Waals surface area contributed by atoms with Crippen LogP contribution in [0.3, 0.4) is 0 Å². The molecule has 51 heavy (non-hydrogen) atoms. The first-order valence-electron chi connectivity index (χ1n) is 18.8. The summed E-state index contributed by atoms with van der Waals surface area (Å²) in [5, 5.41) is 5.53. The predicted octanol–water partition coefficient (Wildman–Crippen LogP) is 4.98. The Kier molecular flexibility index (Phi) is 30.8. The lowest BCUT2D eigenvalue weighted by Crippen LogP contribution is -2.44. The van der Waals surface area contributed by atoms with Gasteiger partial charge in [-0.2, -0.15) is 0 Å². The van der Waals surface area contributed by atoms with Crippen LogP contribution in [-0.4, -0.2) is 111 Å². The number of ether oxygens (including phenoxy) is 4. The summed E-state index contributed by atoms with van der Waals surface area (Å²) < 4.78 is 27.2. The summed E-state index contributed by atoms with van der Waals surface area (Å²) in [5.74, 6) is -1.25. The van der Waals surface area contributed by atoms with Crippen molar-refractivity contribution >= 4 is 47.5 Å². The van der Waals surface area contributed by atoms with E-state index in [0.717, 1.165) is 19.3 Å². The standard InChI is InChI=1S/C36H67N2O11PS/c1-6-20-45-23-9-12-30(39)15-16-31(33(40)13-10-24-46-21-7-2)37-35(42)18-17-32(34(41)14-11-25-47-22-8-3)38-36(43)19-26-48-27-28-49-50(44,51)29(4)5/h29,31-32H,6-28H2,1-5H3,(H,37,42)(H,38,43)(H,44,51). The van der Waals surface area contributed by atoms with Gasteiger partial charge in [-0.25, -0.2) is 0 Å². The molecule has 2 amide bonds. The number of carbonyl (C=O) groups is 5. The Hall–Kier alpha value is -1.64. The SMILES string of the molecule is CCCOCCCC(=O)CCC(NC(=O)CCC(NC(=O)CCOCCOP(O)(=S)C(C)C)C(=O)CCCOCCC)C(=O)CCCOCCC. The lowest BCUT2D eigenvalue weighted by Gasteiger charge is -2.20. The lowest BCUT2D eigenvalue weighted by molar-refractivity contribution is -0.130. The quantitative estimate of drug-likeness (QED) is 0.0577. The van der Waals surface area contributed by atoms with Crippen LogP contribution in [-0.2, 0) is 59.3 Å². The fourth-order valence-corrected chi connectivity index (χ4v) is 5.52. The summed E-state index contributed by atoms with van der Waals surface area (Å²) in [4.78, 5) is 74.8. The molecule has 15 heteroatoms. The van der Waals surface area contributed by atoms with Gasteiger partial charge in [0.2, 0.25) is 11.8 Å². The molecule has 0 aliphatic rings. The lowest BCUT2D eigenvalue weighted by atomic mass is 9.99. The highest BCUT2D eigenvalue weighted by Crippen LogP contribution is 2.47. The minimum absolute atomic E-state index is 0.000136. The molecular formula is C36H67N2O11PS. The van der Waals surface area contributed by atoms with E-state index >= 15 is 0 Å². The van der Waals surface area contributed by atoms with Crippen LogP contribution in [0, 0.1) is 0 Å². The van der Waals surface area contributed by atoms with Gasteiger partial charge in [-0.05, 0) is 63.2 Å². The second-order valence-electron chi connectivity index (χ2n) is 12.8. The molecular weight excluding hydrogens is 699 g/mol. The molecule has 0 saturated heterocycles. The number of rotatable bonds is 36. The van der Waals surface area contributed by atoms with Gasteiger partial charge < -0.3 is 39.0 Å². The molecule has 0 aromatic carbocycles. The van der Waals surface area contributed by atoms with Gasteiger partial charge in [0.25, 0.3) is 0 Å². The number of amides is 2. The molecule has 0 aliphatic heterocycles. The Morgan fingerprint density at radius 2 is 1.00 bits per heavy atom. The third-order valence-electron chi connectivity index (χ3n) is 7.66. The molecule has 0 spiro atoms. The largest absolute Gasteiger partial charge is 0.381 e. The van der Waals surface area contributed by atoms with Crippen molar-refractivity contribution in [3.63, 3.8) is 0 Å². The van der Waals surface area contributed by atoms with E-state index in [4.69, 9.17) is 35.3 Å². The third kappa shape index (κ3) is 27.6. The highest BCUT2D eigenvalue weighted by Gasteiger charge is 2.25. The second kappa shape index (κ2) is 31.8. The zero-order chi connectivity index (χ0) is 38.3. The van der Waals surface area contributed by atoms with Gasteiger partial charge in [0.05, 0.1) is 31.9 Å². The maximum absolute atomic E-state index is 13.1. The number of Topliss-reactive ketones (excluding diaryl/α,β-unsaturated/α-hetero) is 3. The molecule has 0 saturated carbocycles. The van der Waals surface area contributed by atoms with Crippen molar-refractivity contribution in [2.24, 2.45) is 0 Å². The molecule has 0 rings (SSSR count). The first-order valence-corrected chi connectivity index (χ1v) is 21.6. The van der Waals surface area contributed by atoms with E-state index < -0.39 is 30.4 Å². The van der Waals surface area contributed by atoms with Crippen molar-refractivity contribution in [1.82, 2.24) is 10.6 Å². The average molecular weight is 767 g/mol. The summed E-state index contributed by atoms with van der Waals surface area (Å²) in [6.45, 7) is 10.2. The van der Waals surface area contributed by atoms with Gasteiger partial charge >= 0.3 is 0 Å². The molecule has 13 nitrogen and oxygen atoms in total. The number of hydrogen-bond donors (Lipinski definition) is 3. The zero-order valence-electron chi connectivity index (χ0n) is 31.9. The smallest absolute Gasteiger partial charge is 0.222 e. The minimum Gasteiger partial charge on any atom is -0.381 e. The van der Waals surface area contributed by atoms with Crippen LogP contribution in [0.1, 0.15) is 125 Å². The Balaban J connectivity index is 5.23. The van der Waals surface area contributed by atoms with Crippen molar-refractivity contribution in [3.8, 4) is 0 Å². The number of ketones is 3. The van der Waals surface area contributed by atoms with Crippen LogP contribution in [0.15, 0.2) is 0 Å². The van der Waals surface area contributed by atoms with E-state index in [2.05, 4.69) is 10.6 Å². The maximum atomic E-state index is 13.1. The van der Waals surface area contributed by atoms with Crippen molar-refractivity contribution in [1.29, 1.82) is 0 Å². The fourth-order valence-electron chi connectivity index (χ4n) is 4.67. The van der Waals surface area contributed by atoms with Crippen molar-refractivity contribution in [2.75, 3.05) is 59.5 Å². The summed E-state index contributed by atoms with van der Waals surface area (Å²) in [6.07, 6.45) is 5.18. The van der Waals surface area contributed by atoms with E-state index in [1.54, 1.807) is 13.8 Å².